The minimum atomic E-state index is -1.80. The van der Waals surface area contributed by atoms with E-state index in [1.165, 1.54) is 6.08 Å². The zero-order valence-electron chi connectivity index (χ0n) is 19.7. The predicted molar refractivity (Wildman–Crippen MR) is 109 cm³/mol. The average molecular weight is 456 g/mol. The molecule has 0 aromatic heterocycles. The predicted octanol–water partition coefficient (Wildman–Crippen LogP) is 1.90. The summed E-state index contributed by atoms with van der Waals surface area (Å²) in [6, 6.07) is 0. The van der Waals surface area contributed by atoms with Crippen LogP contribution in [0.4, 0.5) is 0 Å². The maximum Gasteiger partial charge on any atom is 0.331 e. The molecule has 6 aliphatic heterocycles. The molecule has 10 atom stereocenters. The summed E-state index contributed by atoms with van der Waals surface area (Å²) in [6.45, 7) is 15.7. The van der Waals surface area contributed by atoms with Crippen LogP contribution in [0.1, 0.15) is 54.4 Å². The van der Waals surface area contributed by atoms with Crippen LogP contribution in [0, 0.1) is 21.7 Å². The van der Waals surface area contributed by atoms with Crippen LogP contribution in [0.3, 0.4) is 0 Å². The number of hydrogen-bond donors (Lipinski definition) is 1. The van der Waals surface area contributed by atoms with Gasteiger partial charge in [-0.2, -0.15) is 0 Å². The SMILES string of the molecule is C=C1C23C(=O)O[C@@H](C)C24O[C@@]2(C)O[C@@]4(O)[C@]1(C)C[C@]21C2=CC(=O)OC(C)(C)[C@]24O[C@@H]4C[C@]31C. The maximum atomic E-state index is 14.0. The van der Waals surface area contributed by atoms with Crippen LogP contribution in [0.15, 0.2) is 23.8 Å². The molecule has 4 spiro atoms. The summed E-state index contributed by atoms with van der Waals surface area (Å²) < 4.78 is 31.6. The molecule has 0 aromatic carbocycles. The molecule has 8 fully saturated rings. The monoisotopic (exact) mass is 456 g/mol. The number of aliphatic hydroxyl groups is 1. The van der Waals surface area contributed by atoms with Crippen LogP contribution >= 0.6 is 0 Å². The second-order valence-electron chi connectivity index (χ2n) is 12.6. The van der Waals surface area contributed by atoms with Gasteiger partial charge in [0.2, 0.25) is 5.79 Å². The summed E-state index contributed by atoms with van der Waals surface area (Å²) in [7, 11) is 0. The highest BCUT2D eigenvalue weighted by atomic mass is 16.8. The third kappa shape index (κ3) is 1.19. The number of ether oxygens (including phenoxy) is 5. The number of carbonyl (C=O) groups excluding carboxylic acids is 2. The Morgan fingerprint density at radius 2 is 1.82 bits per heavy atom. The lowest BCUT2D eigenvalue weighted by Crippen LogP contribution is -2.79. The summed E-state index contributed by atoms with van der Waals surface area (Å²) in [4.78, 5) is 26.9. The fourth-order valence-corrected chi connectivity index (χ4v) is 10.6. The first-order valence-electron chi connectivity index (χ1n) is 11.8. The van der Waals surface area contributed by atoms with Gasteiger partial charge in [0.1, 0.15) is 17.1 Å². The van der Waals surface area contributed by atoms with E-state index in [2.05, 4.69) is 13.5 Å². The Kier molecular flexibility index (Phi) is 2.51. The van der Waals surface area contributed by atoms with Gasteiger partial charge in [-0.1, -0.05) is 20.4 Å². The molecule has 3 aliphatic carbocycles. The zero-order valence-corrected chi connectivity index (χ0v) is 19.7. The molecule has 8 nitrogen and oxygen atoms in total. The van der Waals surface area contributed by atoms with Crippen molar-refractivity contribution in [3.8, 4) is 0 Å². The number of cyclic esters (lactones) is 2. The largest absolute Gasteiger partial charge is 0.459 e. The Balaban J connectivity index is 1.56. The first kappa shape index (κ1) is 19.6. The van der Waals surface area contributed by atoms with E-state index < -0.39 is 68.1 Å². The molecule has 5 saturated heterocycles. The van der Waals surface area contributed by atoms with Crippen molar-refractivity contribution in [2.75, 3.05) is 0 Å². The third-order valence-electron chi connectivity index (χ3n) is 11.6. The van der Waals surface area contributed by atoms with Crippen molar-refractivity contribution < 1.29 is 38.4 Å². The van der Waals surface area contributed by atoms with E-state index >= 15 is 0 Å². The molecule has 0 amide bonds. The molecule has 176 valence electrons. The van der Waals surface area contributed by atoms with Crippen molar-refractivity contribution >= 4 is 11.9 Å². The number of hydrogen-bond acceptors (Lipinski definition) is 8. The molecule has 33 heavy (non-hydrogen) atoms. The Bertz CT molecular complexity index is 1220. The summed E-state index contributed by atoms with van der Waals surface area (Å²) in [6.07, 6.45) is 1.45. The van der Waals surface area contributed by atoms with E-state index in [9.17, 15) is 14.7 Å². The lowest BCUT2D eigenvalue weighted by atomic mass is 9.32. The third-order valence-corrected chi connectivity index (χ3v) is 11.6. The molecule has 0 aromatic rings. The van der Waals surface area contributed by atoms with Crippen molar-refractivity contribution in [2.24, 2.45) is 21.7 Å². The highest BCUT2D eigenvalue weighted by Gasteiger charge is 3.07. The summed E-state index contributed by atoms with van der Waals surface area (Å²) in [5.74, 6) is -4.00. The van der Waals surface area contributed by atoms with E-state index in [1.807, 2.05) is 27.7 Å². The van der Waals surface area contributed by atoms with E-state index in [4.69, 9.17) is 23.7 Å². The molecule has 6 heterocycles. The van der Waals surface area contributed by atoms with Crippen molar-refractivity contribution in [1.29, 1.82) is 0 Å². The fraction of sp³-hybridized carbons (Fsp3) is 0.760. The van der Waals surface area contributed by atoms with Crippen LogP contribution in [0.2, 0.25) is 0 Å². The maximum absolute atomic E-state index is 14.0. The summed E-state index contributed by atoms with van der Waals surface area (Å²) >= 11 is 0. The van der Waals surface area contributed by atoms with Crippen molar-refractivity contribution in [1.82, 2.24) is 0 Å². The van der Waals surface area contributed by atoms with Gasteiger partial charge in [0.05, 0.1) is 11.5 Å². The van der Waals surface area contributed by atoms with E-state index in [1.54, 1.807) is 6.92 Å². The highest BCUT2D eigenvalue weighted by molar-refractivity contribution is 5.93. The smallest absolute Gasteiger partial charge is 0.331 e. The second-order valence-corrected chi connectivity index (χ2v) is 12.6. The normalized spacial score (nSPS) is 66.3. The van der Waals surface area contributed by atoms with Gasteiger partial charge in [0, 0.05) is 16.9 Å². The molecule has 6 bridgehead atoms. The lowest BCUT2D eigenvalue weighted by molar-refractivity contribution is -0.386. The van der Waals surface area contributed by atoms with Crippen LogP contribution in [0.25, 0.3) is 0 Å². The van der Waals surface area contributed by atoms with Gasteiger partial charge in [0.15, 0.2) is 17.0 Å². The van der Waals surface area contributed by atoms with Crippen LogP contribution in [-0.4, -0.2) is 57.6 Å². The van der Waals surface area contributed by atoms with Crippen LogP contribution in [-0.2, 0) is 33.3 Å². The van der Waals surface area contributed by atoms with Gasteiger partial charge in [-0.3, -0.25) is 4.79 Å². The molecule has 8 heteroatoms. The highest BCUT2D eigenvalue weighted by Crippen LogP contribution is 2.96. The van der Waals surface area contributed by atoms with Gasteiger partial charge in [0.25, 0.3) is 0 Å². The Hall–Kier alpha value is -1.74. The number of rotatable bonds is 0. The van der Waals surface area contributed by atoms with Crippen molar-refractivity contribution in [3.05, 3.63) is 23.8 Å². The van der Waals surface area contributed by atoms with Gasteiger partial charge in [-0.25, -0.2) is 4.79 Å². The Morgan fingerprint density at radius 1 is 1.12 bits per heavy atom. The van der Waals surface area contributed by atoms with E-state index in [-0.39, 0.29) is 6.10 Å². The first-order valence-corrected chi connectivity index (χ1v) is 11.8. The summed E-state index contributed by atoms with van der Waals surface area (Å²) in [5.41, 5.74) is -5.96. The van der Waals surface area contributed by atoms with Crippen molar-refractivity contribution in [3.63, 3.8) is 0 Å². The topological polar surface area (TPSA) is 104 Å². The molecule has 3 saturated carbocycles. The quantitative estimate of drug-likeness (QED) is 0.335. The lowest BCUT2D eigenvalue weighted by Gasteiger charge is -2.73. The Morgan fingerprint density at radius 3 is 2.52 bits per heavy atom. The number of epoxide rings is 1. The van der Waals surface area contributed by atoms with Crippen LogP contribution < -0.4 is 0 Å². The van der Waals surface area contributed by atoms with Gasteiger partial charge < -0.3 is 28.8 Å². The molecular formula is C25H28O8. The second kappa shape index (κ2) is 4.23. The molecule has 9 rings (SSSR count). The molecule has 1 N–H and O–H groups in total. The first-order chi connectivity index (χ1) is 15.1. The van der Waals surface area contributed by atoms with Gasteiger partial charge in [-0.05, 0) is 51.7 Å². The number of carbonyl (C=O) groups is 2. The molecule has 9 aliphatic rings. The average Bonchev–Trinajstić information content (AvgIpc) is 3.26. The van der Waals surface area contributed by atoms with Gasteiger partial charge >= 0.3 is 11.9 Å². The number of esters is 2. The van der Waals surface area contributed by atoms with Crippen molar-refractivity contribution in [2.45, 2.75) is 95.0 Å². The minimum Gasteiger partial charge on any atom is -0.459 e. The molecule has 2 unspecified atom stereocenters. The van der Waals surface area contributed by atoms with Crippen LogP contribution in [0.5, 0.6) is 0 Å². The molecular weight excluding hydrogens is 428 g/mol. The zero-order chi connectivity index (χ0) is 23.6. The minimum absolute atomic E-state index is 0.257. The van der Waals surface area contributed by atoms with Gasteiger partial charge in [-0.15, -0.1) is 0 Å². The molecule has 0 radical (unpaired) electrons. The van der Waals surface area contributed by atoms with E-state index in [0.717, 1.165) is 5.57 Å². The standard InChI is InChI=1S/C25H28O8/c1-11-18(5)10-21-13-8-15(26)31-17(3,4)23(13)14(30-23)9-19(21,6)22(11)16(27)29-12(2)24(22)25(18,28)33-20(21,7)32-24/h8,12,14,28H,1,9-10H2,2-7H3/t12-,14+,18+,19-,20-,21+,22?,23-,24?,25-/m0/s1. The van der Waals surface area contributed by atoms with E-state index in [0.29, 0.717) is 18.4 Å². The summed E-state index contributed by atoms with van der Waals surface area (Å²) in [5, 5.41) is 12.4. The fourth-order valence-electron chi connectivity index (χ4n) is 10.6. The Labute approximate surface area is 191 Å².